The minimum atomic E-state index is -0.424. The van der Waals surface area contributed by atoms with Crippen LogP contribution in [0.3, 0.4) is 0 Å². The number of rotatable bonds is 4. The van der Waals surface area contributed by atoms with Crippen molar-refractivity contribution in [2.24, 2.45) is 0 Å². The number of hydrogen-bond donors (Lipinski definition) is 0. The highest BCUT2D eigenvalue weighted by molar-refractivity contribution is 5.70. The fraction of sp³-hybridized carbons (Fsp3) is 0.500. The first kappa shape index (κ1) is 15.5. The number of carbonyl (C=O) groups is 1. The molecule has 5 nitrogen and oxygen atoms in total. The number of amides is 1. The monoisotopic (exact) mass is 266 g/mol. The Balaban J connectivity index is 2.86. The number of carbonyl (C=O) groups excluding carboxylic acids is 1. The minimum Gasteiger partial charge on any atom is -0.633 e. The van der Waals surface area contributed by atoms with E-state index in [1.54, 1.807) is 39.3 Å². The van der Waals surface area contributed by atoms with Gasteiger partial charge < -0.3 is 19.5 Å². The summed E-state index contributed by atoms with van der Waals surface area (Å²) in [6.07, 6.45) is -0.400. The summed E-state index contributed by atoms with van der Waals surface area (Å²) in [4.78, 5) is 13.1. The summed E-state index contributed by atoms with van der Waals surface area (Å²) in [7, 11) is 4.86. The standard InChI is InChI=1S/C14H22N2O3/c1-6-15(3)14(17)19-13-9-7-8-12(10-13)11(2)16(4,5)18/h7-11H,6H2,1-5H3. The summed E-state index contributed by atoms with van der Waals surface area (Å²) in [5.74, 6) is 0.461. The Labute approximate surface area is 114 Å². The van der Waals surface area contributed by atoms with Crippen LogP contribution in [0.25, 0.3) is 0 Å². The van der Waals surface area contributed by atoms with Crippen molar-refractivity contribution in [1.29, 1.82) is 0 Å². The van der Waals surface area contributed by atoms with Gasteiger partial charge in [-0.3, -0.25) is 0 Å². The number of nitrogens with zero attached hydrogens (tertiary/aromatic N) is 2. The zero-order chi connectivity index (χ0) is 14.6. The second kappa shape index (κ2) is 6.04. The average Bonchev–Trinajstić information content (AvgIpc) is 2.36. The van der Waals surface area contributed by atoms with Crippen LogP contribution in [0.15, 0.2) is 24.3 Å². The molecule has 19 heavy (non-hydrogen) atoms. The van der Waals surface area contributed by atoms with E-state index in [-0.39, 0.29) is 6.04 Å². The van der Waals surface area contributed by atoms with Gasteiger partial charge in [0, 0.05) is 19.2 Å². The molecule has 1 aromatic carbocycles. The molecule has 1 amide bonds. The van der Waals surface area contributed by atoms with Crippen LogP contribution < -0.4 is 4.74 Å². The van der Waals surface area contributed by atoms with Crippen LogP contribution in [0.1, 0.15) is 25.5 Å². The fourth-order valence-corrected chi connectivity index (χ4v) is 1.50. The fourth-order valence-electron chi connectivity index (χ4n) is 1.50. The molecule has 0 bridgehead atoms. The molecule has 0 fully saturated rings. The zero-order valence-electron chi connectivity index (χ0n) is 12.2. The summed E-state index contributed by atoms with van der Waals surface area (Å²) >= 11 is 0. The van der Waals surface area contributed by atoms with E-state index in [4.69, 9.17) is 4.74 Å². The zero-order valence-corrected chi connectivity index (χ0v) is 12.2. The minimum absolute atomic E-state index is 0.220. The first-order valence-electron chi connectivity index (χ1n) is 6.33. The van der Waals surface area contributed by atoms with Gasteiger partial charge in [-0.15, -0.1) is 0 Å². The van der Waals surface area contributed by atoms with E-state index in [0.29, 0.717) is 12.3 Å². The molecular weight excluding hydrogens is 244 g/mol. The Hall–Kier alpha value is -1.59. The number of hydroxylamine groups is 3. The number of hydrogen-bond acceptors (Lipinski definition) is 3. The van der Waals surface area contributed by atoms with Gasteiger partial charge in [-0.05, 0) is 26.0 Å². The van der Waals surface area contributed by atoms with Crippen LogP contribution in [-0.4, -0.2) is 43.3 Å². The lowest BCUT2D eigenvalue weighted by atomic mass is 10.1. The third kappa shape index (κ3) is 4.22. The predicted octanol–water partition coefficient (Wildman–Crippen LogP) is 2.77. The van der Waals surface area contributed by atoms with Crippen molar-refractivity contribution in [3.63, 3.8) is 0 Å². The van der Waals surface area contributed by atoms with Gasteiger partial charge in [-0.1, -0.05) is 12.1 Å². The van der Waals surface area contributed by atoms with Crippen molar-refractivity contribution in [3.8, 4) is 5.75 Å². The number of quaternary nitrogens is 1. The Morgan fingerprint density at radius 3 is 2.63 bits per heavy atom. The second-order valence-corrected chi connectivity index (χ2v) is 5.06. The molecule has 0 heterocycles. The molecule has 0 aliphatic rings. The van der Waals surface area contributed by atoms with E-state index in [1.807, 2.05) is 19.9 Å². The summed E-state index contributed by atoms with van der Waals surface area (Å²) in [5.41, 5.74) is 0.851. The molecule has 0 aliphatic heterocycles. The lowest BCUT2D eigenvalue weighted by Gasteiger charge is -2.40. The van der Waals surface area contributed by atoms with Crippen LogP contribution >= 0.6 is 0 Å². The molecule has 1 rings (SSSR count). The van der Waals surface area contributed by atoms with E-state index < -0.39 is 10.7 Å². The molecule has 0 saturated heterocycles. The summed E-state index contributed by atoms with van der Waals surface area (Å²) in [6.45, 7) is 4.31. The Bertz CT molecular complexity index is 441. The summed E-state index contributed by atoms with van der Waals surface area (Å²) in [5, 5.41) is 11.9. The van der Waals surface area contributed by atoms with Gasteiger partial charge in [0.25, 0.3) is 0 Å². The maximum atomic E-state index is 11.9. The first-order chi connectivity index (χ1) is 8.75. The molecule has 0 aromatic heterocycles. The van der Waals surface area contributed by atoms with Crippen LogP contribution in [0.2, 0.25) is 0 Å². The third-order valence-electron chi connectivity index (χ3n) is 3.26. The van der Waals surface area contributed by atoms with Crippen LogP contribution in [0.5, 0.6) is 5.75 Å². The van der Waals surface area contributed by atoms with Crippen molar-refractivity contribution in [1.82, 2.24) is 4.90 Å². The summed E-state index contributed by atoms with van der Waals surface area (Å²) < 4.78 is 4.82. The average molecular weight is 266 g/mol. The molecule has 1 unspecified atom stereocenters. The highest BCUT2D eigenvalue weighted by Crippen LogP contribution is 2.26. The molecule has 0 aliphatic carbocycles. The molecule has 5 heteroatoms. The highest BCUT2D eigenvalue weighted by atomic mass is 16.6. The van der Waals surface area contributed by atoms with Crippen molar-refractivity contribution >= 4 is 6.09 Å². The molecule has 0 saturated carbocycles. The first-order valence-corrected chi connectivity index (χ1v) is 6.33. The smallest absolute Gasteiger partial charge is 0.414 e. The van der Waals surface area contributed by atoms with Gasteiger partial charge in [0.1, 0.15) is 11.8 Å². The van der Waals surface area contributed by atoms with Gasteiger partial charge in [-0.25, -0.2) is 4.79 Å². The molecule has 0 radical (unpaired) electrons. The largest absolute Gasteiger partial charge is 0.633 e. The molecule has 1 atom stereocenters. The molecule has 106 valence electrons. The molecule has 1 aromatic rings. The Morgan fingerprint density at radius 2 is 2.11 bits per heavy atom. The van der Waals surface area contributed by atoms with Gasteiger partial charge in [0.2, 0.25) is 0 Å². The lowest BCUT2D eigenvalue weighted by molar-refractivity contribution is -0.870. The topological polar surface area (TPSA) is 52.6 Å². The number of benzene rings is 1. The predicted molar refractivity (Wildman–Crippen MR) is 74.7 cm³/mol. The summed E-state index contributed by atoms with van der Waals surface area (Å²) in [6, 6.07) is 6.88. The van der Waals surface area contributed by atoms with Gasteiger partial charge >= 0.3 is 6.09 Å². The van der Waals surface area contributed by atoms with E-state index in [1.165, 1.54) is 4.90 Å². The van der Waals surface area contributed by atoms with Gasteiger partial charge in [0.15, 0.2) is 0 Å². The molecular formula is C14H22N2O3. The Kier molecular flexibility index (Phi) is 4.91. The molecule has 0 spiro atoms. The van der Waals surface area contributed by atoms with Crippen molar-refractivity contribution in [2.45, 2.75) is 19.9 Å². The van der Waals surface area contributed by atoms with E-state index in [2.05, 4.69) is 0 Å². The third-order valence-corrected chi connectivity index (χ3v) is 3.26. The van der Waals surface area contributed by atoms with E-state index >= 15 is 0 Å². The Morgan fingerprint density at radius 1 is 1.47 bits per heavy atom. The van der Waals surface area contributed by atoms with Crippen molar-refractivity contribution in [3.05, 3.63) is 35.0 Å². The lowest BCUT2D eigenvalue weighted by Crippen LogP contribution is -2.35. The molecule has 0 N–H and O–H groups in total. The second-order valence-electron chi connectivity index (χ2n) is 5.06. The maximum Gasteiger partial charge on any atom is 0.414 e. The van der Waals surface area contributed by atoms with Gasteiger partial charge in [-0.2, -0.15) is 0 Å². The van der Waals surface area contributed by atoms with Crippen LogP contribution in [0.4, 0.5) is 4.79 Å². The normalized spacial score (nSPS) is 12.9. The van der Waals surface area contributed by atoms with Crippen LogP contribution in [-0.2, 0) is 0 Å². The van der Waals surface area contributed by atoms with Gasteiger partial charge in [0.05, 0.1) is 14.1 Å². The van der Waals surface area contributed by atoms with Crippen molar-refractivity contribution in [2.75, 3.05) is 27.7 Å². The van der Waals surface area contributed by atoms with E-state index in [0.717, 1.165) is 5.56 Å². The van der Waals surface area contributed by atoms with Crippen LogP contribution in [0, 0.1) is 5.21 Å². The van der Waals surface area contributed by atoms with E-state index in [9.17, 15) is 10.0 Å². The SMILES string of the molecule is CCN(C)C(=O)Oc1cccc(C(C)[N+](C)(C)[O-])c1. The number of ether oxygens (including phenoxy) is 1. The quantitative estimate of drug-likeness (QED) is 0.622. The van der Waals surface area contributed by atoms with Crippen molar-refractivity contribution < 1.29 is 14.2 Å². The maximum absolute atomic E-state index is 11.9. The highest BCUT2D eigenvalue weighted by Gasteiger charge is 2.18.